The molecule has 0 fully saturated rings. The molecule has 0 aliphatic carbocycles. The van der Waals surface area contributed by atoms with Crippen molar-refractivity contribution in [1.82, 2.24) is 4.48 Å². The predicted molar refractivity (Wildman–Crippen MR) is 173 cm³/mol. The zero-order chi connectivity index (χ0) is 32.5. The van der Waals surface area contributed by atoms with Crippen molar-refractivity contribution in [2.45, 2.75) is 69.2 Å². The minimum atomic E-state index is -1.51. The van der Waals surface area contributed by atoms with Gasteiger partial charge in [-0.25, -0.2) is 17.6 Å². The van der Waals surface area contributed by atoms with Crippen LogP contribution in [0.2, 0.25) is 0 Å². The van der Waals surface area contributed by atoms with E-state index >= 15 is 8.78 Å². The van der Waals surface area contributed by atoms with Crippen LogP contribution in [0.3, 0.4) is 0 Å². The van der Waals surface area contributed by atoms with Gasteiger partial charge in [0.2, 0.25) is 7.98 Å². The second-order valence-electron chi connectivity index (χ2n) is 12.1. The van der Waals surface area contributed by atoms with Crippen molar-refractivity contribution in [3.63, 3.8) is 0 Å². The van der Waals surface area contributed by atoms with Gasteiger partial charge in [-0.2, -0.15) is 0 Å². The van der Waals surface area contributed by atoms with Gasteiger partial charge in [0.1, 0.15) is 0 Å². The van der Waals surface area contributed by atoms with Crippen LogP contribution in [-0.4, -0.2) is 18.2 Å². The maximum Gasteiger partial charge on any atom is 0.234 e. The summed E-state index contributed by atoms with van der Waals surface area (Å²) in [7, 11) is 6.73. The summed E-state index contributed by atoms with van der Waals surface area (Å²) in [5.74, 6) is -6.02. The molecule has 5 rings (SSSR count). The van der Waals surface area contributed by atoms with Crippen LogP contribution >= 0.6 is 0 Å². The van der Waals surface area contributed by atoms with E-state index in [0.717, 1.165) is 55.6 Å². The van der Waals surface area contributed by atoms with Gasteiger partial charge in [-0.15, -0.1) is 0 Å². The second kappa shape index (κ2) is 11.1. The highest BCUT2D eigenvalue weighted by Crippen LogP contribution is 2.46. The molecule has 2 nitrogen and oxygen atoms in total. The molecule has 0 unspecified atom stereocenters. The number of hydrogen-bond donors (Lipinski definition) is 0. The number of aromatic nitrogens is 1. The maximum absolute atomic E-state index is 15.8. The lowest BCUT2D eigenvalue weighted by atomic mass is 9.87. The molecular formula is C37H35BF4N2. The van der Waals surface area contributed by atoms with Crippen LogP contribution in [-0.2, 0) is 0 Å². The first-order valence-corrected chi connectivity index (χ1v) is 14.5. The van der Waals surface area contributed by atoms with E-state index in [0.29, 0.717) is 22.5 Å². The molecule has 3 aromatic carbocycles. The summed E-state index contributed by atoms with van der Waals surface area (Å²) in [6.07, 6.45) is 0. The van der Waals surface area contributed by atoms with E-state index in [1.807, 2.05) is 69.2 Å². The van der Waals surface area contributed by atoms with Gasteiger partial charge < -0.3 is 4.48 Å². The lowest BCUT2D eigenvalue weighted by Gasteiger charge is -2.18. The standard InChI is InChI=1S/C37H35BF4N2/c1-16-11-18(3)28(19(4)12-16)30-22(7)36(43-24(30)9)33(32-34(41)26(39)15-27(40)35(32)42)37-23(8)31(25(10)44(37)38)29-20(5)13-17(2)14-21(29)6/h11-15H,1-10H3/b36-33-. The van der Waals surface area contributed by atoms with Crippen molar-refractivity contribution in [3.8, 4) is 11.1 Å². The smallest absolute Gasteiger partial charge is 0.234 e. The van der Waals surface area contributed by atoms with Crippen molar-refractivity contribution in [2.75, 3.05) is 0 Å². The minimum absolute atomic E-state index is 0.107. The molecule has 0 bridgehead atoms. The summed E-state index contributed by atoms with van der Waals surface area (Å²) in [6.45, 7) is 19.3. The van der Waals surface area contributed by atoms with Crippen LogP contribution < -0.4 is 0 Å². The van der Waals surface area contributed by atoms with Gasteiger partial charge in [0.05, 0.1) is 11.3 Å². The Morgan fingerprint density at radius 2 is 1.09 bits per heavy atom. The quantitative estimate of drug-likeness (QED) is 0.127. The summed E-state index contributed by atoms with van der Waals surface area (Å²) in [6, 6.07) is 8.47. The second-order valence-corrected chi connectivity index (χ2v) is 12.1. The molecule has 44 heavy (non-hydrogen) atoms. The molecule has 1 aliphatic heterocycles. The first-order valence-electron chi connectivity index (χ1n) is 14.5. The predicted octanol–water partition coefficient (Wildman–Crippen LogP) is 9.82. The zero-order valence-electron chi connectivity index (χ0n) is 26.9. The number of aliphatic imine (C=N–C) groups is 1. The first kappa shape index (κ1) is 31.3. The van der Waals surface area contributed by atoms with Gasteiger partial charge in [-0.05, 0) is 114 Å². The molecule has 224 valence electrons. The van der Waals surface area contributed by atoms with Gasteiger partial charge in [0.15, 0.2) is 23.3 Å². The SMILES string of the molecule is [B]n1c(C)c(-c2c(C)cc(C)cc2C)c(C)c1/C(=C1\N=C(C)C(c2c(C)cc(C)cc2C)=C1C)c1c(F)c(F)cc(F)c1F. The molecule has 1 aliphatic rings. The Labute approximate surface area is 258 Å². The van der Waals surface area contributed by atoms with E-state index in [-0.39, 0.29) is 23.0 Å². The Kier molecular flexibility index (Phi) is 7.90. The summed E-state index contributed by atoms with van der Waals surface area (Å²) in [5.41, 5.74) is 11.7. The minimum Gasteiger partial charge on any atom is -0.400 e. The van der Waals surface area contributed by atoms with Gasteiger partial charge >= 0.3 is 0 Å². The first-order chi connectivity index (χ1) is 20.6. The van der Waals surface area contributed by atoms with Gasteiger partial charge in [0, 0.05) is 39.9 Å². The monoisotopic (exact) mass is 594 g/mol. The molecule has 0 amide bonds. The number of hydrogen-bond acceptors (Lipinski definition) is 1. The Hall–Kier alpha value is -4.13. The lowest BCUT2D eigenvalue weighted by molar-refractivity contribution is 0.450. The van der Waals surface area contributed by atoms with E-state index in [2.05, 4.69) is 24.3 Å². The summed E-state index contributed by atoms with van der Waals surface area (Å²) < 4.78 is 62.6. The van der Waals surface area contributed by atoms with E-state index in [1.54, 1.807) is 0 Å². The van der Waals surface area contributed by atoms with Crippen LogP contribution in [0.5, 0.6) is 0 Å². The largest absolute Gasteiger partial charge is 0.400 e. The van der Waals surface area contributed by atoms with Crippen LogP contribution in [0.4, 0.5) is 17.6 Å². The summed E-state index contributed by atoms with van der Waals surface area (Å²) >= 11 is 0. The zero-order valence-corrected chi connectivity index (χ0v) is 26.9. The van der Waals surface area contributed by atoms with E-state index in [9.17, 15) is 8.78 Å². The third-order valence-corrected chi connectivity index (χ3v) is 8.76. The van der Waals surface area contributed by atoms with Gasteiger partial charge in [0.25, 0.3) is 0 Å². The van der Waals surface area contributed by atoms with Crippen LogP contribution in [0.1, 0.15) is 75.3 Å². The fourth-order valence-electron chi connectivity index (χ4n) is 7.13. The third-order valence-electron chi connectivity index (χ3n) is 8.76. The number of halogens is 4. The normalized spacial score (nSPS) is 14.5. The van der Waals surface area contributed by atoms with E-state index in [4.69, 9.17) is 13.0 Å². The average molecular weight is 595 g/mol. The van der Waals surface area contributed by atoms with Crippen molar-refractivity contribution in [3.05, 3.63) is 126 Å². The molecule has 2 heterocycles. The number of rotatable bonds is 4. The number of nitrogens with zero attached hydrogens (tertiary/aromatic N) is 2. The Balaban J connectivity index is 1.97. The summed E-state index contributed by atoms with van der Waals surface area (Å²) in [5, 5.41) is 0. The van der Waals surface area contributed by atoms with Gasteiger partial charge in [-0.3, -0.25) is 4.99 Å². The fraction of sp³-hybridized carbons (Fsp3) is 0.270. The van der Waals surface area contributed by atoms with Crippen molar-refractivity contribution in [2.24, 2.45) is 4.99 Å². The highest BCUT2D eigenvalue weighted by Gasteiger charge is 2.33. The maximum atomic E-state index is 15.8. The van der Waals surface area contributed by atoms with Gasteiger partial charge in [-0.1, -0.05) is 35.4 Å². The molecule has 1 aromatic heterocycles. The third kappa shape index (κ3) is 4.77. The molecule has 0 saturated heterocycles. The number of benzene rings is 3. The van der Waals surface area contributed by atoms with Crippen LogP contribution in [0, 0.1) is 78.7 Å². The molecule has 7 heteroatoms. The average Bonchev–Trinajstić information content (AvgIpc) is 3.31. The number of allylic oxidation sites excluding steroid dienone is 2. The molecule has 4 aromatic rings. The lowest BCUT2D eigenvalue weighted by Crippen LogP contribution is -2.10. The molecule has 0 spiro atoms. The van der Waals surface area contributed by atoms with Crippen LogP contribution in [0.15, 0.2) is 46.6 Å². The Bertz CT molecular complexity index is 1930. The fourth-order valence-corrected chi connectivity index (χ4v) is 7.13. The molecule has 2 radical (unpaired) electrons. The van der Waals surface area contributed by atoms with Crippen molar-refractivity contribution >= 4 is 24.8 Å². The van der Waals surface area contributed by atoms with E-state index < -0.39 is 28.8 Å². The number of aryl methyl sites for hydroxylation is 6. The van der Waals surface area contributed by atoms with Crippen molar-refractivity contribution in [1.29, 1.82) is 0 Å². The Morgan fingerprint density at radius 1 is 0.636 bits per heavy atom. The molecular weight excluding hydrogens is 559 g/mol. The van der Waals surface area contributed by atoms with Crippen molar-refractivity contribution < 1.29 is 17.6 Å². The highest BCUT2D eigenvalue weighted by atomic mass is 19.2. The Morgan fingerprint density at radius 3 is 1.57 bits per heavy atom. The summed E-state index contributed by atoms with van der Waals surface area (Å²) in [4.78, 5) is 4.84. The van der Waals surface area contributed by atoms with E-state index in [1.165, 1.54) is 4.48 Å². The van der Waals surface area contributed by atoms with Crippen LogP contribution in [0.25, 0.3) is 22.3 Å². The molecule has 0 saturated carbocycles. The highest BCUT2D eigenvalue weighted by molar-refractivity contribution is 6.28. The molecule has 0 atom stereocenters. The topological polar surface area (TPSA) is 17.3 Å². The molecule has 0 N–H and O–H groups in total.